The molecule has 0 radical (unpaired) electrons. The van der Waals surface area contributed by atoms with Gasteiger partial charge in [0.05, 0.1) is 16.2 Å². The maximum atomic E-state index is 5.73. The summed E-state index contributed by atoms with van der Waals surface area (Å²) in [4.78, 5) is 8.33. The van der Waals surface area contributed by atoms with Gasteiger partial charge in [-0.15, -0.1) is 11.3 Å². The lowest BCUT2D eigenvalue weighted by Gasteiger charge is -2.03. The molecule has 2 aromatic rings. The number of aromatic nitrogens is 2. The van der Waals surface area contributed by atoms with Crippen LogP contribution < -0.4 is 5.32 Å². The highest BCUT2D eigenvalue weighted by Crippen LogP contribution is 2.09. The molecule has 3 nitrogen and oxygen atoms in total. The van der Waals surface area contributed by atoms with Crippen LogP contribution in [0.4, 0.5) is 5.82 Å². The SMILES string of the molecule is Clc1ccc(NCCc2cscn2)nc1. The number of pyridine rings is 1. The van der Waals surface area contributed by atoms with Crippen molar-refractivity contribution in [2.45, 2.75) is 6.42 Å². The van der Waals surface area contributed by atoms with E-state index < -0.39 is 0 Å². The van der Waals surface area contributed by atoms with E-state index in [4.69, 9.17) is 11.6 Å². The number of rotatable bonds is 4. The molecule has 2 rings (SSSR count). The second kappa shape index (κ2) is 5.09. The van der Waals surface area contributed by atoms with Crippen LogP contribution in [0, 0.1) is 0 Å². The molecule has 0 amide bonds. The Bertz CT molecular complexity index is 399. The van der Waals surface area contributed by atoms with Gasteiger partial charge >= 0.3 is 0 Å². The Balaban J connectivity index is 1.81. The summed E-state index contributed by atoms with van der Waals surface area (Å²) in [5.41, 5.74) is 2.96. The molecule has 2 aromatic heterocycles. The lowest BCUT2D eigenvalue weighted by atomic mass is 10.3. The number of halogens is 1. The molecule has 5 heteroatoms. The number of nitrogens with zero attached hydrogens (tertiary/aromatic N) is 2. The van der Waals surface area contributed by atoms with Crippen molar-refractivity contribution in [2.24, 2.45) is 0 Å². The van der Waals surface area contributed by atoms with Crippen LogP contribution in [-0.4, -0.2) is 16.5 Å². The van der Waals surface area contributed by atoms with Crippen LogP contribution >= 0.6 is 22.9 Å². The van der Waals surface area contributed by atoms with Crippen LogP contribution in [0.25, 0.3) is 0 Å². The third kappa shape index (κ3) is 3.18. The number of anilines is 1. The molecule has 0 aliphatic rings. The third-order valence-corrected chi connectivity index (χ3v) is 2.76. The summed E-state index contributed by atoms with van der Waals surface area (Å²) in [5, 5.41) is 5.91. The van der Waals surface area contributed by atoms with Gasteiger partial charge in [-0.2, -0.15) is 0 Å². The fourth-order valence-electron chi connectivity index (χ4n) is 1.16. The van der Waals surface area contributed by atoms with Gasteiger partial charge in [0.2, 0.25) is 0 Å². The zero-order chi connectivity index (χ0) is 10.5. The average Bonchev–Trinajstić information content (AvgIpc) is 2.74. The minimum absolute atomic E-state index is 0.653. The molecule has 2 heterocycles. The Labute approximate surface area is 97.2 Å². The first kappa shape index (κ1) is 10.4. The molecular weight excluding hydrogens is 230 g/mol. The van der Waals surface area contributed by atoms with Crippen molar-refractivity contribution in [2.75, 3.05) is 11.9 Å². The summed E-state index contributed by atoms with van der Waals surface area (Å²) in [6, 6.07) is 3.68. The van der Waals surface area contributed by atoms with Gasteiger partial charge in [-0.1, -0.05) is 11.6 Å². The molecular formula is C10H10ClN3S. The van der Waals surface area contributed by atoms with Gasteiger partial charge in [0.1, 0.15) is 5.82 Å². The molecule has 15 heavy (non-hydrogen) atoms. The molecule has 0 atom stereocenters. The Morgan fingerprint density at radius 1 is 1.33 bits per heavy atom. The Morgan fingerprint density at radius 3 is 2.93 bits per heavy atom. The van der Waals surface area contributed by atoms with E-state index in [1.54, 1.807) is 17.5 Å². The smallest absolute Gasteiger partial charge is 0.125 e. The first-order chi connectivity index (χ1) is 7.34. The summed E-state index contributed by atoms with van der Waals surface area (Å²) < 4.78 is 0. The maximum absolute atomic E-state index is 5.73. The minimum atomic E-state index is 0.653. The topological polar surface area (TPSA) is 37.8 Å². The van der Waals surface area contributed by atoms with E-state index in [1.165, 1.54) is 0 Å². The fourth-order valence-corrected chi connectivity index (χ4v) is 1.86. The summed E-state index contributed by atoms with van der Waals surface area (Å²) in [6.45, 7) is 0.832. The summed E-state index contributed by atoms with van der Waals surface area (Å²) in [6.07, 6.45) is 2.54. The number of nitrogens with one attached hydrogen (secondary N) is 1. The molecule has 0 aromatic carbocycles. The summed E-state index contributed by atoms with van der Waals surface area (Å²) >= 11 is 7.34. The molecule has 78 valence electrons. The standard InChI is InChI=1S/C10H10ClN3S/c11-8-1-2-10(13-5-8)12-4-3-9-6-15-7-14-9/h1-2,5-7H,3-4H2,(H,12,13). The van der Waals surface area contributed by atoms with Crippen LogP contribution in [0.1, 0.15) is 5.69 Å². The van der Waals surface area contributed by atoms with Gasteiger partial charge in [0, 0.05) is 24.5 Å². The van der Waals surface area contributed by atoms with Gasteiger partial charge in [0.25, 0.3) is 0 Å². The second-order valence-corrected chi connectivity index (χ2v) is 4.17. The van der Waals surface area contributed by atoms with Gasteiger partial charge in [-0.25, -0.2) is 9.97 Å². The quantitative estimate of drug-likeness (QED) is 0.892. The summed E-state index contributed by atoms with van der Waals surface area (Å²) in [7, 11) is 0. The zero-order valence-corrected chi connectivity index (χ0v) is 9.55. The Morgan fingerprint density at radius 2 is 2.27 bits per heavy atom. The van der Waals surface area contributed by atoms with Gasteiger partial charge in [-0.3, -0.25) is 0 Å². The molecule has 0 saturated heterocycles. The predicted octanol–water partition coefficient (Wildman–Crippen LogP) is 2.85. The lowest BCUT2D eigenvalue weighted by Crippen LogP contribution is -2.06. The number of hydrogen-bond donors (Lipinski definition) is 1. The molecule has 0 aliphatic carbocycles. The predicted molar refractivity (Wildman–Crippen MR) is 63.6 cm³/mol. The van der Waals surface area contributed by atoms with Crippen molar-refractivity contribution < 1.29 is 0 Å². The van der Waals surface area contributed by atoms with Crippen molar-refractivity contribution in [1.29, 1.82) is 0 Å². The van der Waals surface area contributed by atoms with Crippen molar-refractivity contribution in [3.63, 3.8) is 0 Å². The number of thiazole rings is 1. The highest BCUT2D eigenvalue weighted by Gasteiger charge is 1.96. The molecule has 0 spiro atoms. The summed E-state index contributed by atoms with van der Waals surface area (Å²) in [5.74, 6) is 0.842. The van der Waals surface area contributed by atoms with Gasteiger partial charge < -0.3 is 5.32 Å². The molecule has 1 N–H and O–H groups in total. The minimum Gasteiger partial charge on any atom is -0.370 e. The van der Waals surface area contributed by atoms with E-state index in [0.29, 0.717) is 5.02 Å². The highest BCUT2D eigenvalue weighted by atomic mass is 35.5. The van der Waals surface area contributed by atoms with E-state index in [-0.39, 0.29) is 0 Å². The van der Waals surface area contributed by atoms with Crippen LogP contribution in [-0.2, 0) is 6.42 Å². The first-order valence-corrected chi connectivity index (χ1v) is 5.89. The largest absolute Gasteiger partial charge is 0.370 e. The van der Waals surface area contributed by atoms with Crippen molar-refractivity contribution >= 4 is 28.8 Å². The van der Waals surface area contributed by atoms with Crippen molar-refractivity contribution in [3.05, 3.63) is 39.9 Å². The zero-order valence-electron chi connectivity index (χ0n) is 7.98. The Kier molecular flexibility index (Phi) is 3.53. The van der Waals surface area contributed by atoms with Crippen LogP contribution in [0.5, 0.6) is 0 Å². The molecule has 0 fully saturated rings. The van der Waals surface area contributed by atoms with Crippen LogP contribution in [0.2, 0.25) is 5.02 Å². The van der Waals surface area contributed by atoms with E-state index in [0.717, 1.165) is 24.5 Å². The molecule has 0 unspecified atom stereocenters. The number of hydrogen-bond acceptors (Lipinski definition) is 4. The maximum Gasteiger partial charge on any atom is 0.125 e. The average molecular weight is 240 g/mol. The molecule has 0 bridgehead atoms. The van der Waals surface area contributed by atoms with E-state index in [1.807, 2.05) is 17.6 Å². The Hall–Kier alpha value is -1.13. The monoisotopic (exact) mass is 239 g/mol. The first-order valence-electron chi connectivity index (χ1n) is 4.57. The van der Waals surface area contributed by atoms with Crippen LogP contribution in [0.15, 0.2) is 29.2 Å². The lowest BCUT2D eigenvalue weighted by molar-refractivity contribution is 0.968. The van der Waals surface area contributed by atoms with Gasteiger partial charge in [-0.05, 0) is 12.1 Å². The van der Waals surface area contributed by atoms with E-state index in [9.17, 15) is 0 Å². The molecule has 0 saturated carbocycles. The van der Waals surface area contributed by atoms with E-state index in [2.05, 4.69) is 20.7 Å². The third-order valence-electron chi connectivity index (χ3n) is 1.90. The highest BCUT2D eigenvalue weighted by molar-refractivity contribution is 7.07. The van der Waals surface area contributed by atoms with Gasteiger partial charge in [0.15, 0.2) is 0 Å². The van der Waals surface area contributed by atoms with E-state index >= 15 is 0 Å². The van der Waals surface area contributed by atoms with Crippen LogP contribution in [0.3, 0.4) is 0 Å². The second-order valence-electron chi connectivity index (χ2n) is 3.02. The van der Waals surface area contributed by atoms with Crippen molar-refractivity contribution in [1.82, 2.24) is 9.97 Å². The van der Waals surface area contributed by atoms with Crippen molar-refractivity contribution in [3.8, 4) is 0 Å². The fraction of sp³-hybridized carbons (Fsp3) is 0.200. The normalized spacial score (nSPS) is 10.2. The molecule has 0 aliphatic heterocycles.